The molecule has 0 radical (unpaired) electrons. The third kappa shape index (κ3) is 4.05. The van der Waals surface area contributed by atoms with Gasteiger partial charge in [-0.15, -0.1) is 0 Å². The van der Waals surface area contributed by atoms with Crippen molar-refractivity contribution >= 4 is 12.0 Å². The molecule has 0 aliphatic rings. The smallest absolute Gasteiger partial charge is 0.413 e. The number of methoxy groups -OCH3 is 1. The van der Waals surface area contributed by atoms with E-state index in [2.05, 4.69) is 4.74 Å². The lowest BCUT2D eigenvalue weighted by Crippen LogP contribution is -2.39. The Morgan fingerprint density at radius 2 is 2.05 bits per heavy atom. The molecule has 110 valence electrons. The van der Waals surface area contributed by atoms with Gasteiger partial charge in [0, 0.05) is 19.3 Å². The molecule has 1 heterocycles. The Bertz CT molecular complexity index is 616. The molecule has 0 unspecified atom stereocenters. The summed E-state index contributed by atoms with van der Waals surface area (Å²) in [6, 6.07) is 0. The Morgan fingerprint density at radius 3 is 2.60 bits per heavy atom. The summed E-state index contributed by atoms with van der Waals surface area (Å²) in [7, 11) is 4.73. The van der Waals surface area contributed by atoms with Crippen molar-refractivity contribution in [2.45, 2.75) is 6.54 Å². The average molecular weight is 284 g/mol. The molecule has 0 aliphatic carbocycles. The number of nitrogens with one attached hydrogen (secondary N) is 2. The number of aromatic amines is 1. The zero-order valence-electron chi connectivity index (χ0n) is 11.4. The normalized spacial score (nSPS) is 10.4. The molecule has 0 aromatic carbocycles. The first kappa shape index (κ1) is 15.6. The number of H-pyrrole nitrogens is 1. The fourth-order valence-electron chi connectivity index (χ4n) is 1.36. The number of aromatic nitrogens is 2. The van der Waals surface area contributed by atoms with Crippen molar-refractivity contribution < 1.29 is 14.3 Å². The van der Waals surface area contributed by atoms with Gasteiger partial charge in [-0.05, 0) is 14.1 Å². The lowest BCUT2D eigenvalue weighted by molar-refractivity contribution is 0.0934. The van der Waals surface area contributed by atoms with Crippen molar-refractivity contribution in [1.29, 1.82) is 0 Å². The summed E-state index contributed by atoms with van der Waals surface area (Å²) >= 11 is 0. The number of likely N-dealkylation sites (N-methyl/N-ethyl adjacent to an activating group) is 1. The Balaban J connectivity index is 3.05. The maximum Gasteiger partial charge on any atom is 0.413 e. The zero-order valence-corrected chi connectivity index (χ0v) is 11.4. The Hall–Kier alpha value is -2.42. The summed E-state index contributed by atoms with van der Waals surface area (Å²) in [5.41, 5.74) is -1.82. The molecule has 0 aliphatic heterocycles. The van der Waals surface area contributed by atoms with E-state index in [0.29, 0.717) is 13.1 Å². The highest BCUT2D eigenvalue weighted by molar-refractivity contribution is 6.02. The van der Waals surface area contributed by atoms with Crippen LogP contribution in [0.1, 0.15) is 10.4 Å². The number of hydrogen-bond acceptors (Lipinski definition) is 6. The van der Waals surface area contributed by atoms with Gasteiger partial charge in [0.2, 0.25) is 0 Å². The summed E-state index contributed by atoms with van der Waals surface area (Å²) in [6.45, 7) is 0.838. The van der Waals surface area contributed by atoms with Crippen molar-refractivity contribution in [2.75, 3.05) is 27.7 Å². The molecule has 0 bridgehead atoms. The van der Waals surface area contributed by atoms with Gasteiger partial charge in [-0.2, -0.15) is 0 Å². The van der Waals surface area contributed by atoms with Crippen LogP contribution >= 0.6 is 0 Å². The number of hydrogen-bond donors (Lipinski definition) is 2. The topological polar surface area (TPSA) is 114 Å². The molecule has 0 saturated heterocycles. The Kier molecular flexibility index (Phi) is 5.21. The van der Waals surface area contributed by atoms with Gasteiger partial charge in [0.1, 0.15) is 5.56 Å². The highest BCUT2D eigenvalue weighted by Gasteiger charge is 2.16. The van der Waals surface area contributed by atoms with Crippen LogP contribution in [0.3, 0.4) is 0 Å². The summed E-state index contributed by atoms with van der Waals surface area (Å²) in [5.74, 6) is -0.934. The molecule has 0 saturated carbocycles. The lowest BCUT2D eigenvalue weighted by atomic mass is 10.3. The van der Waals surface area contributed by atoms with Crippen molar-refractivity contribution in [3.8, 4) is 0 Å². The van der Waals surface area contributed by atoms with E-state index >= 15 is 0 Å². The van der Waals surface area contributed by atoms with Crippen LogP contribution in [0.5, 0.6) is 0 Å². The van der Waals surface area contributed by atoms with E-state index in [0.717, 1.165) is 13.3 Å². The number of alkyl carbamates (subject to hydrolysis) is 1. The number of carbonyl (C=O) groups is 2. The van der Waals surface area contributed by atoms with Crippen LogP contribution in [0.4, 0.5) is 4.79 Å². The zero-order chi connectivity index (χ0) is 15.3. The quantitative estimate of drug-likeness (QED) is 0.702. The number of amides is 2. The molecule has 1 aromatic heterocycles. The van der Waals surface area contributed by atoms with Crippen molar-refractivity contribution in [2.24, 2.45) is 0 Å². The van der Waals surface area contributed by atoms with Crippen LogP contribution in [-0.4, -0.2) is 54.2 Å². The minimum absolute atomic E-state index is 0.293. The van der Waals surface area contributed by atoms with E-state index in [1.54, 1.807) is 0 Å². The highest BCUT2D eigenvalue weighted by Crippen LogP contribution is 1.90. The number of carbonyl (C=O) groups excluding carboxylic acids is 2. The summed E-state index contributed by atoms with van der Waals surface area (Å²) < 4.78 is 5.44. The SMILES string of the molecule is COC(=O)NC(=O)c1cn(CCN(C)C)c(=O)[nH]c1=O. The molecule has 0 fully saturated rings. The molecule has 20 heavy (non-hydrogen) atoms. The van der Waals surface area contributed by atoms with E-state index in [4.69, 9.17) is 0 Å². The van der Waals surface area contributed by atoms with Gasteiger partial charge in [-0.25, -0.2) is 9.59 Å². The van der Waals surface area contributed by atoms with Gasteiger partial charge < -0.3 is 9.64 Å². The molecular formula is C11H16N4O5. The van der Waals surface area contributed by atoms with Crippen molar-refractivity contribution in [1.82, 2.24) is 19.8 Å². The molecule has 9 nitrogen and oxygen atoms in total. The molecular weight excluding hydrogens is 268 g/mol. The van der Waals surface area contributed by atoms with Crippen molar-refractivity contribution in [3.05, 3.63) is 32.6 Å². The van der Waals surface area contributed by atoms with E-state index in [9.17, 15) is 19.2 Å². The first-order chi connectivity index (χ1) is 9.35. The number of nitrogens with zero attached hydrogens (tertiary/aromatic N) is 2. The van der Waals surface area contributed by atoms with Gasteiger partial charge in [0.25, 0.3) is 11.5 Å². The number of rotatable bonds is 4. The van der Waals surface area contributed by atoms with E-state index in [-0.39, 0.29) is 5.56 Å². The van der Waals surface area contributed by atoms with Gasteiger partial charge in [0.15, 0.2) is 0 Å². The largest absolute Gasteiger partial charge is 0.453 e. The molecule has 2 amide bonds. The lowest BCUT2D eigenvalue weighted by Gasteiger charge is -2.11. The minimum atomic E-state index is -0.986. The second-order valence-electron chi connectivity index (χ2n) is 4.24. The van der Waals surface area contributed by atoms with Gasteiger partial charge in [-0.3, -0.25) is 24.5 Å². The van der Waals surface area contributed by atoms with E-state index in [1.807, 2.05) is 29.3 Å². The molecule has 1 rings (SSSR count). The second-order valence-corrected chi connectivity index (χ2v) is 4.24. The van der Waals surface area contributed by atoms with Crippen molar-refractivity contribution in [3.63, 3.8) is 0 Å². The molecule has 0 atom stereocenters. The predicted octanol–water partition coefficient (Wildman–Crippen LogP) is -1.41. The van der Waals surface area contributed by atoms with E-state index in [1.165, 1.54) is 4.57 Å². The van der Waals surface area contributed by atoms with Crippen LogP contribution in [0.2, 0.25) is 0 Å². The second kappa shape index (κ2) is 6.66. The number of imide groups is 1. The Morgan fingerprint density at radius 1 is 1.40 bits per heavy atom. The first-order valence-corrected chi connectivity index (χ1v) is 5.73. The molecule has 0 spiro atoms. The van der Waals surface area contributed by atoms with Gasteiger partial charge >= 0.3 is 11.8 Å². The molecule has 2 N–H and O–H groups in total. The third-order valence-corrected chi connectivity index (χ3v) is 2.44. The fraction of sp³-hybridized carbons (Fsp3) is 0.455. The van der Waals surface area contributed by atoms with E-state index < -0.39 is 23.2 Å². The van der Waals surface area contributed by atoms with Gasteiger partial charge in [0.05, 0.1) is 7.11 Å². The predicted molar refractivity (Wildman–Crippen MR) is 69.7 cm³/mol. The third-order valence-electron chi connectivity index (χ3n) is 2.44. The first-order valence-electron chi connectivity index (χ1n) is 5.73. The highest BCUT2D eigenvalue weighted by atomic mass is 16.5. The van der Waals surface area contributed by atoms with Crippen LogP contribution in [0, 0.1) is 0 Å². The molecule has 1 aromatic rings. The standard InChI is InChI=1S/C11H16N4O5/c1-14(2)4-5-15-6-7(8(16)12-10(15)18)9(17)13-11(19)20-3/h6H,4-5H2,1-3H3,(H,12,16,18)(H,13,17,19). The van der Waals surface area contributed by atoms with Gasteiger partial charge in [-0.1, -0.05) is 0 Å². The summed E-state index contributed by atoms with van der Waals surface area (Å²) in [6.07, 6.45) is 0.128. The minimum Gasteiger partial charge on any atom is -0.453 e. The summed E-state index contributed by atoms with van der Waals surface area (Å²) in [4.78, 5) is 49.6. The maximum atomic E-state index is 11.7. The molecule has 9 heteroatoms. The van der Waals surface area contributed by atoms with Crippen LogP contribution in [-0.2, 0) is 11.3 Å². The van der Waals surface area contributed by atoms with Crippen LogP contribution < -0.4 is 16.6 Å². The summed E-state index contributed by atoms with van der Waals surface area (Å²) in [5, 5.41) is 1.85. The fourth-order valence-corrected chi connectivity index (χ4v) is 1.36. The van der Waals surface area contributed by atoms with Crippen LogP contribution in [0.25, 0.3) is 0 Å². The average Bonchev–Trinajstić information content (AvgIpc) is 2.37. The van der Waals surface area contributed by atoms with Crippen LogP contribution in [0.15, 0.2) is 15.8 Å². The number of ether oxygens (including phenoxy) is 1. The Labute approximate surface area is 114 Å². The monoisotopic (exact) mass is 284 g/mol. The maximum absolute atomic E-state index is 11.7.